The number of amides is 2. The molecule has 2 atom stereocenters. The van der Waals surface area contributed by atoms with E-state index in [0.717, 1.165) is 56.3 Å². The van der Waals surface area contributed by atoms with Gasteiger partial charge in [0.2, 0.25) is 0 Å². The third kappa shape index (κ3) is 6.27. The topological polar surface area (TPSA) is 83.1 Å². The van der Waals surface area contributed by atoms with E-state index in [4.69, 9.17) is 9.47 Å². The van der Waals surface area contributed by atoms with Crippen LogP contribution in [-0.2, 0) is 14.3 Å². The zero-order valence-corrected chi connectivity index (χ0v) is 23.9. The minimum Gasteiger partial charge on any atom is -0.466 e. The van der Waals surface area contributed by atoms with Gasteiger partial charge in [0.1, 0.15) is 5.82 Å². The van der Waals surface area contributed by atoms with E-state index in [1.54, 1.807) is 6.07 Å². The van der Waals surface area contributed by atoms with Crippen molar-refractivity contribution in [3.8, 4) is 0 Å². The third-order valence-electron chi connectivity index (χ3n) is 8.69. The summed E-state index contributed by atoms with van der Waals surface area (Å²) in [6.07, 6.45) is 4.51. The Labute approximate surface area is 243 Å². The van der Waals surface area contributed by atoms with E-state index in [0.29, 0.717) is 18.3 Å². The van der Waals surface area contributed by atoms with Crippen LogP contribution in [0.5, 0.6) is 0 Å². The predicted molar refractivity (Wildman–Crippen MR) is 150 cm³/mol. The van der Waals surface area contributed by atoms with Crippen LogP contribution in [0.4, 0.5) is 18.0 Å². The first kappa shape index (κ1) is 29.9. The maximum Gasteiger partial charge on any atom is 0.338 e. The Kier molecular flexibility index (Phi) is 9.37. The molecule has 2 amide bonds. The van der Waals surface area contributed by atoms with Gasteiger partial charge < -0.3 is 20.1 Å². The molecule has 8 nitrogen and oxygen atoms in total. The smallest absolute Gasteiger partial charge is 0.338 e. The second-order valence-corrected chi connectivity index (χ2v) is 11.2. The molecule has 2 heterocycles. The average Bonchev–Trinajstić information content (AvgIpc) is 3.46. The molecule has 1 saturated carbocycles. The monoisotopic (exact) mass is 586 g/mol. The van der Waals surface area contributed by atoms with Crippen molar-refractivity contribution in [2.45, 2.75) is 56.1 Å². The number of hydrogen-bond acceptors (Lipinski definition) is 6. The maximum atomic E-state index is 14.3. The van der Waals surface area contributed by atoms with Crippen LogP contribution in [0.15, 0.2) is 53.7 Å². The van der Waals surface area contributed by atoms with E-state index in [9.17, 15) is 22.8 Å². The first-order chi connectivity index (χ1) is 20.3. The zero-order valence-electron chi connectivity index (χ0n) is 23.9. The molecule has 3 aliphatic rings. The lowest BCUT2D eigenvalue weighted by Gasteiger charge is -2.39. The maximum absolute atomic E-state index is 14.3. The molecule has 2 aliphatic heterocycles. The first-order valence-electron chi connectivity index (χ1n) is 14.3. The van der Waals surface area contributed by atoms with E-state index in [2.05, 4.69) is 15.5 Å². The second-order valence-electron chi connectivity index (χ2n) is 11.2. The van der Waals surface area contributed by atoms with E-state index >= 15 is 0 Å². The number of methoxy groups -OCH3 is 2. The fourth-order valence-corrected chi connectivity index (χ4v) is 6.58. The number of ether oxygens (including phenoxy) is 2. The van der Waals surface area contributed by atoms with Gasteiger partial charge in [0.15, 0.2) is 11.6 Å². The van der Waals surface area contributed by atoms with Crippen molar-refractivity contribution < 1.29 is 32.2 Å². The summed E-state index contributed by atoms with van der Waals surface area (Å²) in [5, 5.41) is 6.15. The largest absolute Gasteiger partial charge is 0.466 e. The highest BCUT2D eigenvalue weighted by atomic mass is 19.2. The van der Waals surface area contributed by atoms with Crippen LogP contribution in [-0.4, -0.2) is 74.5 Å². The number of benzene rings is 2. The van der Waals surface area contributed by atoms with Crippen LogP contribution in [0, 0.1) is 17.5 Å². The fraction of sp³-hybridized carbons (Fsp3) is 0.484. The summed E-state index contributed by atoms with van der Waals surface area (Å²) in [6.45, 7) is 1.56. The molecule has 11 heteroatoms. The summed E-state index contributed by atoms with van der Waals surface area (Å²) in [6, 6.07) is 9.11. The highest BCUT2D eigenvalue weighted by Gasteiger charge is 2.40. The Bertz CT molecular complexity index is 1330. The normalized spacial score (nSPS) is 24.8. The number of carbonyl (C=O) groups excluding carboxylic acids is 2. The van der Waals surface area contributed by atoms with Gasteiger partial charge >= 0.3 is 12.0 Å². The van der Waals surface area contributed by atoms with Crippen LogP contribution in [0.25, 0.3) is 0 Å². The molecule has 2 fully saturated rings. The van der Waals surface area contributed by atoms with Crippen LogP contribution in [0.2, 0.25) is 0 Å². The highest BCUT2D eigenvalue weighted by molar-refractivity contribution is 5.92. The number of nitrogens with one attached hydrogen (secondary N) is 2. The van der Waals surface area contributed by atoms with Gasteiger partial charge in [0, 0.05) is 32.3 Å². The molecule has 2 aromatic carbocycles. The Morgan fingerprint density at radius 2 is 1.74 bits per heavy atom. The molecular formula is C31H37F3N4O4. The number of nitrogens with zero attached hydrogens (tertiary/aromatic N) is 2. The van der Waals surface area contributed by atoms with Crippen molar-refractivity contribution in [1.82, 2.24) is 20.4 Å². The van der Waals surface area contributed by atoms with Crippen molar-refractivity contribution in [1.29, 1.82) is 0 Å². The SMILES string of the molecule is COCC1=C(C(=O)OC)C(c2ccc(F)c(F)c2)N(C(=O)NC2CCN(C3CCC(c4ccccc4F)CC3)C2)CN1. The molecule has 2 aromatic rings. The number of likely N-dealkylation sites (tertiary alicyclic amines) is 1. The van der Waals surface area contributed by atoms with Gasteiger partial charge in [-0.05, 0) is 67.3 Å². The molecule has 42 heavy (non-hydrogen) atoms. The van der Waals surface area contributed by atoms with Crippen molar-refractivity contribution in [2.24, 2.45) is 0 Å². The van der Waals surface area contributed by atoms with Crippen LogP contribution < -0.4 is 10.6 Å². The fourth-order valence-electron chi connectivity index (χ4n) is 6.58. The third-order valence-corrected chi connectivity index (χ3v) is 8.69. The molecule has 2 unspecified atom stereocenters. The summed E-state index contributed by atoms with van der Waals surface area (Å²) in [5.74, 6) is -2.74. The number of carbonyl (C=O) groups is 2. The molecule has 1 saturated heterocycles. The summed E-state index contributed by atoms with van der Waals surface area (Å²) < 4.78 is 52.7. The highest BCUT2D eigenvalue weighted by Crippen LogP contribution is 2.37. The van der Waals surface area contributed by atoms with Crippen molar-refractivity contribution >= 4 is 12.0 Å². The van der Waals surface area contributed by atoms with Gasteiger partial charge in [0.25, 0.3) is 0 Å². The van der Waals surface area contributed by atoms with Crippen LogP contribution in [0.3, 0.4) is 0 Å². The average molecular weight is 587 g/mol. The van der Waals surface area contributed by atoms with Gasteiger partial charge in [-0.1, -0.05) is 24.3 Å². The summed E-state index contributed by atoms with van der Waals surface area (Å²) in [5.41, 5.74) is 1.52. The molecular weight excluding hydrogens is 549 g/mol. The Balaban J connectivity index is 1.27. The Hall–Kier alpha value is -3.57. The molecule has 0 bridgehead atoms. The van der Waals surface area contributed by atoms with Crippen molar-refractivity contribution in [2.75, 3.05) is 40.6 Å². The van der Waals surface area contributed by atoms with E-state index in [1.165, 1.54) is 31.3 Å². The second kappa shape index (κ2) is 13.2. The lowest BCUT2D eigenvalue weighted by molar-refractivity contribution is -0.137. The molecule has 0 aromatic heterocycles. The molecule has 0 spiro atoms. The zero-order chi connectivity index (χ0) is 29.8. The lowest BCUT2D eigenvalue weighted by Crippen LogP contribution is -2.54. The first-order valence-corrected chi connectivity index (χ1v) is 14.3. The standard InChI is InChI=1S/C31H37F3N4O4/c1-41-17-27-28(30(39)42-2)29(20-9-12-25(33)26(34)15-20)38(18-35-27)31(40)36-21-13-14-37(16-21)22-10-7-19(8-11-22)23-5-3-4-6-24(23)32/h3-6,9,12,15,19,21-22,29,35H,7-8,10-11,13-14,16-18H2,1-2H3,(H,36,40). The van der Waals surface area contributed by atoms with Gasteiger partial charge in [-0.25, -0.2) is 22.8 Å². The Morgan fingerprint density at radius 3 is 2.43 bits per heavy atom. The summed E-state index contributed by atoms with van der Waals surface area (Å²) in [7, 11) is 2.69. The van der Waals surface area contributed by atoms with Crippen LogP contribution in [0.1, 0.15) is 55.2 Å². The minimum atomic E-state index is -1.08. The van der Waals surface area contributed by atoms with Crippen molar-refractivity contribution in [3.63, 3.8) is 0 Å². The molecule has 5 rings (SSSR count). The molecule has 1 aliphatic carbocycles. The van der Waals surface area contributed by atoms with E-state index < -0.39 is 29.7 Å². The predicted octanol–water partition coefficient (Wildman–Crippen LogP) is 4.59. The quantitative estimate of drug-likeness (QED) is 0.462. The van der Waals surface area contributed by atoms with E-state index in [1.807, 2.05) is 12.1 Å². The van der Waals surface area contributed by atoms with Gasteiger partial charge in [-0.15, -0.1) is 0 Å². The molecule has 0 radical (unpaired) electrons. The number of hydrogen-bond donors (Lipinski definition) is 2. The van der Waals surface area contributed by atoms with E-state index in [-0.39, 0.29) is 42.2 Å². The summed E-state index contributed by atoms with van der Waals surface area (Å²) >= 11 is 0. The minimum absolute atomic E-state index is 0.0190. The number of esters is 1. The van der Waals surface area contributed by atoms with Gasteiger partial charge in [0.05, 0.1) is 37.7 Å². The number of urea groups is 1. The van der Waals surface area contributed by atoms with Crippen molar-refractivity contribution in [3.05, 3.63) is 82.3 Å². The number of rotatable bonds is 7. The van der Waals surface area contributed by atoms with Gasteiger partial charge in [-0.3, -0.25) is 9.80 Å². The Morgan fingerprint density at radius 1 is 0.976 bits per heavy atom. The summed E-state index contributed by atoms with van der Waals surface area (Å²) in [4.78, 5) is 30.4. The molecule has 226 valence electrons. The van der Waals surface area contributed by atoms with Crippen LogP contribution >= 0.6 is 0 Å². The van der Waals surface area contributed by atoms with Gasteiger partial charge in [-0.2, -0.15) is 0 Å². The lowest BCUT2D eigenvalue weighted by atomic mass is 9.81. The molecule has 2 N–H and O–H groups in total. The number of halogens is 3.